The summed E-state index contributed by atoms with van der Waals surface area (Å²) in [4.78, 5) is 0. The summed E-state index contributed by atoms with van der Waals surface area (Å²) in [5.41, 5.74) is 1.78. The Kier molecular flexibility index (Phi) is 4.90. The van der Waals surface area contributed by atoms with Crippen LogP contribution in [0.5, 0.6) is 5.75 Å². The number of para-hydroxylation sites is 1. The highest BCUT2D eigenvalue weighted by molar-refractivity contribution is 6.42. The van der Waals surface area contributed by atoms with Crippen molar-refractivity contribution in [1.29, 1.82) is 0 Å². The van der Waals surface area contributed by atoms with Gasteiger partial charge in [0, 0.05) is 5.56 Å². The number of hydrogen-bond acceptors (Lipinski definition) is 4. The van der Waals surface area contributed by atoms with Crippen LogP contribution in [0.1, 0.15) is 11.1 Å². The second-order valence-corrected chi connectivity index (χ2v) is 5.48. The van der Waals surface area contributed by atoms with Crippen LogP contribution in [0.2, 0.25) is 10.0 Å². The van der Waals surface area contributed by atoms with E-state index in [1.54, 1.807) is 18.3 Å². The third-order valence-electron chi connectivity index (χ3n) is 3.03. The molecule has 23 heavy (non-hydrogen) atoms. The lowest BCUT2D eigenvalue weighted by molar-refractivity contribution is 0.306. The van der Waals surface area contributed by atoms with Crippen molar-refractivity contribution < 1.29 is 4.74 Å². The molecule has 3 aromatic rings. The Morgan fingerprint density at radius 1 is 1.04 bits per heavy atom. The number of rotatable bonds is 5. The molecule has 0 saturated heterocycles. The van der Waals surface area contributed by atoms with Gasteiger partial charge in [-0.3, -0.25) is 0 Å². The summed E-state index contributed by atoms with van der Waals surface area (Å²) in [7, 11) is 0. The molecular weight excluding hydrogens is 335 g/mol. The SMILES string of the molecule is Clc1ccc(COc2ccccc2/C=N\n2cnnc2)cc1Cl. The van der Waals surface area contributed by atoms with E-state index in [0.717, 1.165) is 16.9 Å². The van der Waals surface area contributed by atoms with Gasteiger partial charge in [0.25, 0.3) is 0 Å². The van der Waals surface area contributed by atoms with Gasteiger partial charge in [-0.25, -0.2) is 4.68 Å². The van der Waals surface area contributed by atoms with Gasteiger partial charge in [-0.15, -0.1) is 10.2 Å². The Bertz CT molecular complexity index is 819. The van der Waals surface area contributed by atoms with Crippen LogP contribution in [0.25, 0.3) is 0 Å². The second-order valence-electron chi connectivity index (χ2n) is 4.66. The van der Waals surface area contributed by atoms with Gasteiger partial charge in [-0.05, 0) is 29.8 Å². The molecule has 0 aliphatic rings. The van der Waals surface area contributed by atoms with Crippen LogP contribution in [-0.2, 0) is 6.61 Å². The quantitative estimate of drug-likeness (QED) is 0.655. The Balaban J connectivity index is 1.74. The fraction of sp³-hybridized carbons (Fsp3) is 0.0625. The smallest absolute Gasteiger partial charge is 0.141 e. The zero-order chi connectivity index (χ0) is 16.1. The Labute approximate surface area is 143 Å². The maximum Gasteiger partial charge on any atom is 0.141 e. The van der Waals surface area contributed by atoms with Crippen molar-refractivity contribution in [3.63, 3.8) is 0 Å². The molecule has 0 saturated carbocycles. The minimum atomic E-state index is 0.383. The van der Waals surface area contributed by atoms with Crippen LogP contribution in [0, 0.1) is 0 Å². The molecule has 0 radical (unpaired) electrons. The summed E-state index contributed by atoms with van der Waals surface area (Å²) in [5.74, 6) is 0.718. The Hall–Kier alpha value is -2.37. The van der Waals surface area contributed by atoms with Gasteiger partial charge in [-0.1, -0.05) is 41.4 Å². The Morgan fingerprint density at radius 2 is 1.83 bits per heavy atom. The van der Waals surface area contributed by atoms with Gasteiger partial charge in [0.05, 0.1) is 16.3 Å². The highest BCUT2D eigenvalue weighted by atomic mass is 35.5. The number of benzene rings is 2. The maximum atomic E-state index is 6.01. The van der Waals surface area contributed by atoms with Crippen LogP contribution in [-0.4, -0.2) is 21.1 Å². The standard InChI is InChI=1S/C16H12Cl2N4O/c17-14-6-5-12(7-15(14)18)9-23-16-4-2-1-3-13(16)8-21-22-10-19-20-11-22/h1-8,10-11H,9H2/b21-8-. The third-order valence-corrected chi connectivity index (χ3v) is 3.77. The molecule has 0 N–H and O–H groups in total. The van der Waals surface area contributed by atoms with Crippen molar-refractivity contribution in [2.45, 2.75) is 6.61 Å². The van der Waals surface area contributed by atoms with E-state index >= 15 is 0 Å². The van der Waals surface area contributed by atoms with Crippen LogP contribution in [0.15, 0.2) is 60.2 Å². The highest BCUT2D eigenvalue weighted by Crippen LogP contribution is 2.24. The maximum absolute atomic E-state index is 6.01. The molecule has 0 aliphatic heterocycles. The van der Waals surface area contributed by atoms with Crippen molar-refractivity contribution in [3.8, 4) is 5.75 Å². The van der Waals surface area contributed by atoms with E-state index < -0.39 is 0 Å². The predicted octanol–water partition coefficient (Wildman–Crippen LogP) is 4.05. The van der Waals surface area contributed by atoms with E-state index in [9.17, 15) is 0 Å². The zero-order valence-corrected chi connectivity index (χ0v) is 13.4. The number of ether oxygens (including phenoxy) is 1. The van der Waals surface area contributed by atoms with Crippen LogP contribution < -0.4 is 4.74 Å². The number of aromatic nitrogens is 3. The average Bonchev–Trinajstić information content (AvgIpc) is 3.08. The first-order valence-corrected chi connectivity index (χ1v) is 7.53. The summed E-state index contributed by atoms with van der Waals surface area (Å²) in [6.07, 6.45) is 4.71. The van der Waals surface area contributed by atoms with Gasteiger partial charge < -0.3 is 4.74 Å². The molecule has 7 heteroatoms. The van der Waals surface area contributed by atoms with Crippen molar-refractivity contribution in [3.05, 3.63) is 76.3 Å². The molecule has 0 unspecified atom stereocenters. The molecule has 1 heterocycles. The zero-order valence-electron chi connectivity index (χ0n) is 11.9. The molecule has 0 fully saturated rings. The second kappa shape index (κ2) is 7.26. The van der Waals surface area contributed by atoms with Gasteiger partial charge in [0.2, 0.25) is 0 Å². The normalized spacial score (nSPS) is 11.0. The van der Waals surface area contributed by atoms with Gasteiger partial charge in [0.15, 0.2) is 0 Å². The van der Waals surface area contributed by atoms with E-state index in [0.29, 0.717) is 16.7 Å². The largest absolute Gasteiger partial charge is 0.488 e. The van der Waals surface area contributed by atoms with Gasteiger partial charge in [-0.2, -0.15) is 5.10 Å². The first kappa shape index (κ1) is 15.5. The molecule has 0 amide bonds. The molecule has 2 aromatic carbocycles. The molecular formula is C16H12Cl2N4O. The summed E-state index contributed by atoms with van der Waals surface area (Å²) in [6.45, 7) is 0.383. The third kappa shape index (κ3) is 4.09. The lowest BCUT2D eigenvalue weighted by Crippen LogP contribution is -1.99. The minimum Gasteiger partial charge on any atom is -0.488 e. The van der Waals surface area contributed by atoms with E-state index in [4.69, 9.17) is 27.9 Å². The van der Waals surface area contributed by atoms with Gasteiger partial charge in [0.1, 0.15) is 25.0 Å². The number of hydrogen-bond donors (Lipinski definition) is 0. The van der Waals surface area contributed by atoms with Crippen molar-refractivity contribution in [2.24, 2.45) is 5.10 Å². The predicted molar refractivity (Wildman–Crippen MR) is 90.3 cm³/mol. The molecule has 0 spiro atoms. The summed E-state index contributed by atoms with van der Waals surface area (Å²) in [6, 6.07) is 13.0. The molecule has 0 bridgehead atoms. The lowest BCUT2D eigenvalue weighted by Gasteiger charge is -2.09. The monoisotopic (exact) mass is 346 g/mol. The number of halogens is 2. The van der Waals surface area contributed by atoms with E-state index in [1.165, 1.54) is 17.3 Å². The fourth-order valence-electron chi connectivity index (χ4n) is 1.89. The van der Waals surface area contributed by atoms with E-state index in [-0.39, 0.29) is 0 Å². The van der Waals surface area contributed by atoms with Crippen molar-refractivity contribution in [2.75, 3.05) is 0 Å². The molecule has 116 valence electrons. The summed E-state index contributed by atoms with van der Waals surface area (Å²) < 4.78 is 7.36. The molecule has 5 nitrogen and oxygen atoms in total. The van der Waals surface area contributed by atoms with Crippen LogP contribution >= 0.6 is 23.2 Å². The molecule has 1 aromatic heterocycles. The fourth-order valence-corrected chi connectivity index (χ4v) is 2.21. The summed E-state index contributed by atoms with van der Waals surface area (Å²) in [5, 5.41) is 12.6. The molecule has 0 atom stereocenters. The van der Waals surface area contributed by atoms with Crippen molar-refractivity contribution in [1.82, 2.24) is 14.9 Å². The minimum absolute atomic E-state index is 0.383. The average molecular weight is 347 g/mol. The highest BCUT2D eigenvalue weighted by Gasteiger charge is 2.04. The van der Waals surface area contributed by atoms with E-state index in [2.05, 4.69) is 15.3 Å². The van der Waals surface area contributed by atoms with Crippen LogP contribution in [0.4, 0.5) is 0 Å². The lowest BCUT2D eigenvalue weighted by atomic mass is 10.2. The molecule has 0 aliphatic carbocycles. The number of nitrogens with zero attached hydrogens (tertiary/aromatic N) is 4. The Morgan fingerprint density at radius 3 is 2.61 bits per heavy atom. The van der Waals surface area contributed by atoms with E-state index in [1.807, 2.05) is 30.3 Å². The van der Waals surface area contributed by atoms with Crippen LogP contribution in [0.3, 0.4) is 0 Å². The topological polar surface area (TPSA) is 52.3 Å². The summed E-state index contributed by atoms with van der Waals surface area (Å²) >= 11 is 11.9. The van der Waals surface area contributed by atoms with Crippen molar-refractivity contribution >= 4 is 29.4 Å². The van der Waals surface area contributed by atoms with Gasteiger partial charge >= 0.3 is 0 Å². The molecule has 3 rings (SSSR count). The first-order chi connectivity index (χ1) is 11.2. The first-order valence-electron chi connectivity index (χ1n) is 6.77.